The lowest BCUT2D eigenvalue weighted by molar-refractivity contribution is 0.405. The first-order valence-corrected chi connectivity index (χ1v) is 6.11. The maximum atomic E-state index is 13.5. The van der Waals surface area contributed by atoms with Crippen LogP contribution in [0.1, 0.15) is 45.6 Å². The molecule has 0 fully saturated rings. The fourth-order valence-corrected chi connectivity index (χ4v) is 1.74. The molecule has 0 saturated carbocycles. The monoisotopic (exact) mass is 259 g/mol. The summed E-state index contributed by atoms with van der Waals surface area (Å²) in [6.07, 6.45) is 0.666. The van der Waals surface area contributed by atoms with E-state index in [0.717, 1.165) is 6.07 Å². The first-order chi connectivity index (χ1) is 8.22. The third kappa shape index (κ3) is 4.02. The number of rotatable bonds is 4. The molecule has 1 aromatic carbocycles. The summed E-state index contributed by atoms with van der Waals surface area (Å²) in [5.41, 5.74) is 0.219. The van der Waals surface area contributed by atoms with Gasteiger partial charge in [0.25, 0.3) is 0 Å². The van der Waals surface area contributed by atoms with Gasteiger partial charge in [-0.15, -0.1) is 0 Å². The fraction of sp³-hybridized carbons (Fsp3) is 0.571. The first-order valence-electron chi connectivity index (χ1n) is 6.11. The Labute approximate surface area is 106 Å². The molecule has 0 saturated heterocycles. The van der Waals surface area contributed by atoms with Gasteiger partial charge in [0.1, 0.15) is 0 Å². The van der Waals surface area contributed by atoms with E-state index in [4.69, 9.17) is 0 Å². The van der Waals surface area contributed by atoms with Crippen LogP contribution in [0.25, 0.3) is 0 Å². The Morgan fingerprint density at radius 1 is 1.11 bits per heavy atom. The van der Waals surface area contributed by atoms with E-state index in [1.807, 2.05) is 20.8 Å². The van der Waals surface area contributed by atoms with E-state index in [1.54, 1.807) is 6.92 Å². The van der Waals surface area contributed by atoms with Crippen molar-refractivity contribution in [3.05, 3.63) is 35.1 Å². The van der Waals surface area contributed by atoms with Crippen molar-refractivity contribution >= 4 is 0 Å². The summed E-state index contributed by atoms with van der Waals surface area (Å²) in [5, 5.41) is 3.28. The van der Waals surface area contributed by atoms with Crippen molar-refractivity contribution in [2.24, 2.45) is 0 Å². The fourth-order valence-electron chi connectivity index (χ4n) is 1.74. The molecule has 0 heterocycles. The van der Waals surface area contributed by atoms with Crippen molar-refractivity contribution in [3.8, 4) is 0 Å². The number of hydrogen-bond donors (Lipinski definition) is 1. The molecule has 0 aromatic heterocycles. The van der Waals surface area contributed by atoms with Crippen molar-refractivity contribution in [2.45, 2.75) is 45.6 Å². The second-order valence-electron chi connectivity index (χ2n) is 5.63. The molecule has 0 aliphatic carbocycles. The summed E-state index contributed by atoms with van der Waals surface area (Å²) in [6.45, 7) is 8.62. The number of hydrogen-bond acceptors (Lipinski definition) is 1. The van der Waals surface area contributed by atoms with Crippen molar-refractivity contribution in [1.29, 1.82) is 0 Å². The lowest BCUT2D eigenvalue weighted by Gasteiger charge is -2.22. The second kappa shape index (κ2) is 5.74. The van der Waals surface area contributed by atoms with Crippen LogP contribution in [0.15, 0.2) is 12.1 Å². The largest absolute Gasteiger partial charge is 0.312 e. The van der Waals surface area contributed by atoms with Gasteiger partial charge in [0.15, 0.2) is 17.5 Å². The molecule has 0 radical (unpaired) electrons. The third-order valence-corrected chi connectivity index (χ3v) is 2.83. The molecule has 0 spiro atoms. The maximum Gasteiger partial charge on any atom is 0.194 e. The zero-order valence-electron chi connectivity index (χ0n) is 11.3. The van der Waals surface area contributed by atoms with Gasteiger partial charge in [-0.3, -0.25) is 0 Å². The molecular formula is C14H20F3N. The van der Waals surface area contributed by atoms with E-state index in [0.29, 0.717) is 13.0 Å². The second-order valence-corrected chi connectivity index (χ2v) is 5.63. The number of halogens is 3. The minimum Gasteiger partial charge on any atom is -0.312 e. The van der Waals surface area contributed by atoms with E-state index < -0.39 is 17.5 Å². The zero-order chi connectivity index (χ0) is 13.9. The molecule has 0 aliphatic heterocycles. The normalized spacial score (nSPS) is 13.7. The molecule has 0 aliphatic rings. The van der Waals surface area contributed by atoms with Crippen LogP contribution >= 0.6 is 0 Å². The Morgan fingerprint density at radius 2 is 1.72 bits per heavy atom. The van der Waals surface area contributed by atoms with Crippen molar-refractivity contribution in [3.63, 3.8) is 0 Å². The Balaban J connectivity index is 2.68. The lowest BCUT2D eigenvalue weighted by atomic mass is 9.96. The third-order valence-electron chi connectivity index (χ3n) is 2.83. The SMILES string of the molecule is CC(CCNC(C)(C)C)c1ccc(F)c(F)c1F. The van der Waals surface area contributed by atoms with Crippen LogP contribution in [0.5, 0.6) is 0 Å². The summed E-state index contributed by atoms with van der Waals surface area (Å²) in [7, 11) is 0. The molecule has 0 amide bonds. The molecule has 4 heteroatoms. The maximum absolute atomic E-state index is 13.5. The molecule has 1 atom stereocenters. The van der Waals surface area contributed by atoms with Crippen molar-refractivity contribution < 1.29 is 13.2 Å². The Hall–Kier alpha value is -1.03. The topological polar surface area (TPSA) is 12.0 Å². The smallest absolute Gasteiger partial charge is 0.194 e. The summed E-state index contributed by atoms with van der Waals surface area (Å²) in [4.78, 5) is 0. The average molecular weight is 259 g/mol. The summed E-state index contributed by atoms with van der Waals surface area (Å²) in [6, 6.07) is 2.29. The van der Waals surface area contributed by atoms with E-state index in [-0.39, 0.29) is 17.0 Å². The molecular weight excluding hydrogens is 239 g/mol. The van der Waals surface area contributed by atoms with E-state index >= 15 is 0 Å². The molecule has 1 N–H and O–H groups in total. The predicted molar refractivity (Wildman–Crippen MR) is 67.1 cm³/mol. The van der Waals surface area contributed by atoms with Crippen LogP contribution in [0, 0.1) is 17.5 Å². The summed E-state index contributed by atoms with van der Waals surface area (Å²) >= 11 is 0. The van der Waals surface area contributed by atoms with Gasteiger partial charge in [-0.25, -0.2) is 13.2 Å². The average Bonchev–Trinajstić information content (AvgIpc) is 2.24. The summed E-state index contributed by atoms with van der Waals surface area (Å²) in [5.74, 6) is -3.76. The van der Waals surface area contributed by atoms with Gasteiger partial charge in [-0.1, -0.05) is 13.0 Å². The van der Waals surface area contributed by atoms with Gasteiger partial charge in [0.05, 0.1) is 0 Å². The standard InChI is InChI=1S/C14H20F3N/c1-9(7-8-18-14(2,3)4)10-5-6-11(15)13(17)12(10)16/h5-6,9,18H,7-8H2,1-4H3. The number of nitrogens with one attached hydrogen (secondary N) is 1. The molecule has 1 rings (SSSR count). The predicted octanol–water partition coefficient (Wildman–Crippen LogP) is 3.99. The highest BCUT2D eigenvalue weighted by atomic mass is 19.2. The van der Waals surface area contributed by atoms with Crippen LogP contribution < -0.4 is 5.32 Å². The van der Waals surface area contributed by atoms with Gasteiger partial charge in [-0.2, -0.15) is 0 Å². The minimum atomic E-state index is -1.39. The molecule has 0 bridgehead atoms. The quantitative estimate of drug-likeness (QED) is 0.806. The molecule has 1 nitrogen and oxygen atoms in total. The van der Waals surface area contributed by atoms with E-state index in [9.17, 15) is 13.2 Å². The van der Waals surface area contributed by atoms with Gasteiger partial charge in [0.2, 0.25) is 0 Å². The van der Waals surface area contributed by atoms with Gasteiger partial charge < -0.3 is 5.32 Å². The van der Waals surface area contributed by atoms with Crippen LogP contribution in [-0.2, 0) is 0 Å². The summed E-state index contributed by atoms with van der Waals surface area (Å²) < 4.78 is 39.4. The van der Waals surface area contributed by atoms with Gasteiger partial charge in [-0.05, 0) is 51.3 Å². The first kappa shape index (κ1) is 15.0. The molecule has 18 heavy (non-hydrogen) atoms. The van der Waals surface area contributed by atoms with Gasteiger partial charge in [0, 0.05) is 5.54 Å². The van der Waals surface area contributed by atoms with Crippen LogP contribution in [-0.4, -0.2) is 12.1 Å². The Morgan fingerprint density at radius 3 is 2.28 bits per heavy atom. The van der Waals surface area contributed by atoms with E-state index in [1.165, 1.54) is 6.07 Å². The minimum absolute atomic E-state index is 0.00763. The highest BCUT2D eigenvalue weighted by Crippen LogP contribution is 2.24. The zero-order valence-corrected chi connectivity index (χ0v) is 11.3. The molecule has 1 aromatic rings. The van der Waals surface area contributed by atoms with Crippen molar-refractivity contribution in [2.75, 3.05) is 6.54 Å². The van der Waals surface area contributed by atoms with E-state index in [2.05, 4.69) is 5.32 Å². The Bertz CT molecular complexity index is 410. The van der Waals surface area contributed by atoms with Crippen LogP contribution in [0.2, 0.25) is 0 Å². The van der Waals surface area contributed by atoms with Crippen LogP contribution in [0.3, 0.4) is 0 Å². The van der Waals surface area contributed by atoms with Gasteiger partial charge >= 0.3 is 0 Å². The highest BCUT2D eigenvalue weighted by molar-refractivity contribution is 5.23. The van der Waals surface area contributed by atoms with Crippen molar-refractivity contribution in [1.82, 2.24) is 5.32 Å². The number of benzene rings is 1. The molecule has 102 valence electrons. The van der Waals surface area contributed by atoms with Crippen LogP contribution in [0.4, 0.5) is 13.2 Å². The Kier molecular flexibility index (Phi) is 4.79. The molecule has 1 unspecified atom stereocenters. The lowest BCUT2D eigenvalue weighted by Crippen LogP contribution is -2.36. The highest BCUT2D eigenvalue weighted by Gasteiger charge is 2.18.